The summed E-state index contributed by atoms with van der Waals surface area (Å²) < 4.78 is 5.82. The minimum absolute atomic E-state index is 0.167. The number of rotatable bonds is 5. The second-order valence-corrected chi connectivity index (χ2v) is 4.57. The number of benzene rings is 1. The summed E-state index contributed by atoms with van der Waals surface area (Å²) in [5.41, 5.74) is 2.52. The van der Waals surface area contributed by atoms with Gasteiger partial charge in [-0.15, -0.1) is 0 Å². The number of ether oxygens (including phenoxy) is 1. The van der Waals surface area contributed by atoms with Gasteiger partial charge in [0, 0.05) is 18.8 Å². The number of nitrogens with zero attached hydrogens (tertiary/aromatic N) is 2. The molecular weight excluding hydrogens is 266 g/mol. The van der Waals surface area contributed by atoms with Crippen LogP contribution < -0.4 is 4.74 Å². The zero-order valence-electron chi connectivity index (χ0n) is 11.4. The number of hydrogen-bond donors (Lipinski definition) is 2. The Hall–Kier alpha value is -2.82. The Bertz CT molecular complexity index is 697. The molecule has 2 heterocycles. The molecule has 0 saturated carbocycles. The Morgan fingerprint density at radius 3 is 2.71 bits per heavy atom. The number of pyridine rings is 1. The molecule has 0 radical (unpaired) electrons. The molecule has 0 aliphatic rings. The van der Waals surface area contributed by atoms with Crippen LogP contribution in [0.4, 0.5) is 0 Å². The van der Waals surface area contributed by atoms with E-state index in [-0.39, 0.29) is 5.75 Å². The van der Waals surface area contributed by atoms with Gasteiger partial charge in [-0.1, -0.05) is 6.07 Å². The van der Waals surface area contributed by atoms with Crippen molar-refractivity contribution < 1.29 is 9.84 Å². The molecule has 5 heteroatoms. The average Bonchev–Trinajstić information content (AvgIpc) is 3.02. The van der Waals surface area contributed by atoms with E-state index in [4.69, 9.17) is 4.74 Å². The molecule has 21 heavy (non-hydrogen) atoms. The summed E-state index contributed by atoms with van der Waals surface area (Å²) in [5.74, 6) is 0.800. The number of aromatic amines is 1. The van der Waals surface area contributed by atoms with E-state index < -0.39 is 0 Å². The van der Waals surface area contributed by atoms with Gasteiger partial charge in [0.05, 0.1) is 30.4 Å². The van der Waals surface area contributed by atoms with Crippen LogP contribution in [-0.2, 0) is 6.42 Å². The van der Waals surface area contributed by atoms with Gasteiger partial charge >= 0.3 is 0 Å². The molecule has 0 aliphatic heterocycles. The van der Waals surface area contributed by atoms with Crippen LogP contribution >= 0.6 is 0 Å². The van der Waals surface area contributed by atoms with Crippen LogP contribution in [0.1, 0.15) is 5.56 Å². The Morgan fingerprint density at radius 1 is 1.10 bits per heavy atom. The van der Waals surface area contributed by atoms with Crippen molar-refractivity contribution in [2.24, 2.45) is 0 Å². The van der Waals surface area contributed by atoms with E-state index in [1.165, 1.54) is 0 Å². The Balaban J connectivity index is 1.75. The largest absolute Gasteiger partial charge is 0.507 e. The molecule has 2 N–H and O–H groups in total. The molecule has 0 fully saturated rings. The van der Waals surface area contributed by atoms with Gasteiger partial charge in [-0.25, -0.2) is 4.98 Å². The second-order valence-electron chi connectivity index (χ2n) is 4.57. The lowest BCUT2D eigenvalue weighted by atomic mass is 10.1. The number of phenols is 1. The van der Waals surface area contributed by atoms with Gasteiger partial charge in [0.2, 0.25) is 0 Å². The monoisotopic (exact) mass is 281 g/mol. The highest BCUT2D eigenvalue weighted by molar-refractivity contribution is 5.73. The fourth-order valence-electron chi connectivity index (χ4n) is 2.13. The zero-order chi connectivity index (χ0) is 14.5. The topological polar surface area (TPSA) is 71.0 Å². The highest BCUT2D eigenvalue weighted by Crippen LogP contribution is 2.36. The maximum atomic E-state index is 10.0. The van der Waals surface area contributed by atoms with Crippen molar-refractivity contribution in [2.75, 3.05) is 6.61 Å². The highest BCUT2D eigenvalue weighted by atomic mass is 16.5. The Labute approximate surface area is 122 Å². The van der Waals surface area contributed by atoms with Crippen molar-refractivity contribution in [3.63, 3.8) is 0 Å². The van der Waals surface area contributed by atoms with Crippen LogP contribution in [0.2, 0.25) is 0 Å². The van der Waals surface area contributed by atoms with Crippen LogP contribution in [0.15, 0.2) is 55.2 Å². The molecule has 0 amide bonds. The van der Waals surface area contributed by atoms with Crippen LogP contribution in [0.25, 0.3) is 11.3 Å². The first kappa shape index (κ1) is 13.2. The van der Waals surface area contributed by atoms with Gasteiger partial charge in [-0.3, -0.25) is 4.98 Å². The number of H-pyrrole nitrogens is 1. The number of phenolic OH excluding ortho intramolecular Hbond substituents is 1. The first-order valence-electron chi connectivity index (χ1n) is 6.67. The summed E-state index contributed by atoms with van der Waals surface area (Å²) >= 11 is 0. The van der Waals surface area contributed by atoms with E-state index in [0.29, 0.717) is 17.9 Å². The SMILES string of the molecule is Oc1cccc(OCCc2ccncc2)c1-c1cnc[nH]1. The quantitative estimate of drug-likeness (QED) is 0.754. The van der Waals surface area contributed by atoms with Crippen molar-refractivity contribution >= 4 is 0 Å². The van der Waals surface area contributed by atoms with Gasteiger partial charge in [0.1, 0.15) is 11.5 Å². The van der Waals surface area contributed by atoms with Crippen LogP contribution in [0.5, 0.6) is 11.5 Å². The van der Waals surface area contributed by atoms with E-state index in [1.54, 1.807) is 37.1 Å². The third-order valence-electron chi connectivity index (χ3n) is 3.17. The van der Waals surface area contributed by atoms with Crippen molar-refractivity contribution in [1.82, 2.24) is 15.0 Å². The van der Waals surface area contributed by atoms with Crippen LogP contribution in [0.3, 0.4) is 0 Å². The smallest absolute Gasteiger partial charge is 0.132 e. The minimum Gasteiger partial charge on any atom is -0.507 e. The summed E-state index contributed by atoms with van der Waals surface area (Å²) in [6.45, 7) is 0.522. The molecule has 0 bridgehead atoms. The normalized spacial score (nSPS) is 10.5. The molecule has 3 aromatic rings. The molecule has 0 unspecified atom stereocenters. The standard InChI is InChI=1S/C16H15N3O2/c20-14-2-1-3-15(16(14)13-10-18-11-19-13)21-9-6-12-4-7-17-8-5-12/h1-5,7-8,10-11,20H,6,9H2,(H,18,19). The molecule has 3 rings (SSSR count). The lowest BCUT2D eigenvalue weighted by molar-refractivity contribution is 0.321. The first-order valence-corrected chi connectivity index (χ1v) is 6.67. The second kappa shape index (κ2) is 6.09. The molecule has 1 aromatic carbocycles. The highest BCUT2D eigenvalue weighted by Gasteiger charge is 2.12. The number of aromatic nitrogens is 3. The summed E-state index contributed by atoms with van der Waals surface area (Å²) in [5, 5.41) is 10.0. The summed E-state index contributed by atoms with van der Waals surface area (Å²) in [4.78, 5) is 10.9. The van der Waals surface area contributed by atoms with Gasteiger partial charge in [-0.2, -0.15) is 0 Å². The molecule has 0 spiro atoms. The van der Waals surface area contributed by atoms with Crippen molar-refractivity contribution in [2.45, 2.75) is 6.42 Å². The first-order chi connectivity index (χ1) is 10.3. The predicted octanol–water partition coefficient (Wildman–Crippen LogP) is 2.80. The summed E-state index contributed by atoms with van der Waals surface area (Å²) in [7, 11) is 0. The molecule has 0 saturated heterocycles. The fraction of sp³-hybridized carbons (Fsp3) is 0.125. The lowest BCUT2D eigenvalue weighted by Gasteiger charge is -2.11. The average molecular weight is 281 g/mol. The van der Waals surface area contributed by atoms with E-state index in [9.17, 15) is 5.11 Å². The van der Waals surface area contributed by atoms with Gasteiger partial charge in [0.15, 0.2) is 0 Å². The predicted molar refractivity (Wildman–Crippen MR) is 79.1 cm³/mol. The minimum atomic E-state index is 0.167. The number of hydrogen-bond acceptors (Lipinski definition) is 4. The van der Waals surface area contributed by atoms with Crippen molar-refractivity contribution in [3.8, 4) is 22.8 Å². The number of nitrogens with one attached hydrogen (secondary N) is 1. The summed E-state index contributed by atoms with van der Waals surface area (Å²) in [6, 6.07) is 9.15. The molecule has 5 nitrogen and oxygen atoms in total. The fourth-order valence-corrected chi connectivity index (χ4v) is 2.13. The maximum Gasteiger partial charge on any atom is 0.132 e. The Kier molecular flexibility index (Phi) is 3.82. The van der Waals surface area contributed by atoms with Crippen LogP contribution in [0, 0.1) is 0 Å². The van der Waals surface area contributed by atoms with E-state index >= 15 is 0 Å². The molecule has 2 aromatic heterocycles. The third kappa shape index (κ3) is 3.02. The molecule has 106 valence electrons. The molecular formula is C16H15N3O2. The van der Waals surface area contributed by atoms with E-state index in [0.717, 1.165) is 17.7 Å². The van der Waals surface area contributed by atoms with Crippen molar-refractivity contribution in [3.05, 3.63) is 60.8 Å². The number of imidazole rings is 1. The van der Waals surface area contributed by atoms with Gasteiger partial charge in [-0.05, 0) is 29.8 Å². The lowest BCUT2D eigenvalue weighted by Crippen LogP contribution is -2.02. The maximum absolute atomic E-state index is 10.0. The van der Waals surface area contributed by atoms with E-state index in [2.05, 4.69) is 15.0 Å². The zero-order valence-corrected chi connectivity index (χ0v) is 11.4. The van der Waals surface area contributed by atoms with Gasteiger partial charge in [0.25, 0.3) is 0 Å². The van der Waals surface area contributed by atoms with Crippen molar-refractivity contribution in [1.29, 1.82) is 0 Å². The summed E-state index contributed by atoms with van der Waals surface area (Å²) in [6.07, 6.45) is 7.54. The molecule has 0 aliphatic carbocycles. The third-order valence-corrected chi connectivity index (χ3v) is 3.17. The van der Waals surface area contributed by atoms with E-state index in [1.807, 2.05) is 18.2 Å². The van der Waals surface area contributed by atoms with Crippen LogP contribution in [-0.4, -0.2) is 26.7 Å². The van der Waals surface area contributed by atoms with Gasteiger partial charge < -0.3 is 14.8 Å². The number of aromatic hydroxyl groups is 1. The molecule has 0 atom stereocenters. The Morgan fingerprint density at radius 2 is 1.95 bits per heavy atom.